The number of carbonyl (C=O) groups excluding carboxylic acids is 1. The van der Waals surface area contributed by atoms with Crippen molar-refractivity contribution in [2.45, 2.75) is 26.3 Å². The first-order valence-electron chi connectivity index (χ1n) is 4.25. The Bertz CT molecular complexity index is 194. The van der Waals surface area contributed by atoms with E-state index in [1.54, 1.807) is 11.9 Å². The summed E-state index contributed by atoms with van der Waals surface area (Å²) in [4.78, 5) is 13.4. The number of amides is 2. The summed E-state index contributed by atoms with van der Waals surface area (Å²) >= 11 is 4.74. The summed E-state index contributed by atoms with van der Waals surface area (Å²) in [7, 11) is 1.61. The largest absolute Gasteiger partial charge is 0.393 e. The number of nitrogens with zero attached hydrogens (tertiary/aromatic N) is 1. The maximum absolute atomic E-state index is 11.3. The second kappa shape index (κ2) is 5.75. The lowest BCUT2D eigenvalue weighted by molar-refractivity contribution is 0.187. The lowest BCUT2D eigenvalue weighted by atomic mass is 10.3. The van der Waals surface area contributed by atoms with Crippen molar-refractivity contribution >= 4 is 23.2 Å². The van der Waals surface area contributed by atoms with E-state index < -0.39 is 0 Å². The molecule has 0 aliphatic rings. The molecule has 0 radical (unpaired) electrons. The fourth-order valence-electron chi connectivity index (χ4n) is 0.969. The molecular formula is C8H17N3OS. The zero-order valence-corrected chi connectivity index (χ0v) is 9.15. The number of urea groups is 1. The second-order valence-corrected chi connectivity index (χ2v) is 3.58. The van der Waals surface area contributed by atoms with Crippen LogP contribution < -0.4 is 11.1 Å². The van der Waals surface area contributed by atoms with Crippen LogP contribution in [-0.2, 0) is 0 Å². The Morgan fingerprint density at radius 2 is 2.15 bits per heavy atom. The molecule has 0 rings (SSSR count). The average molecular weight is 203 g/mol. The van der Waals surface area contributed by atoms with E-state index in [4.69, 9.17) is 18.0 Å². The molecule has 3 N–H and O–H groups in total. The van der Waals surface area contributed by atoms with E-state index in [0.29, 0.717) is 18.0 Å². The minimum absolute atomic E-state index is 0.0914. The van der Waals surface area contributed by atoms with Crippen LogP contribution in [0.4, 0.5) is 4.79 Å². The monoisotopic (exact) mass is 203 g/mol. The molecule has 0 spiro atoms. The number of hydrogen-bond donors (Lipinski definition) is 2. The molecule has 76 valence electrons. The highest BCUT2D eigenvalue weighted by Crippen LogP contribution is 2.00. The van der Waals surface area contributed by atoms with Crippen molar-refractivity contribution in [3.05, 3.63) is 0 Å². The molecule has 0 bridgehead atoms. The number of thiocarbonyl (C=S) groups is 1. The molecule has 4 nitrogen and oxygen atoms in total. The van der Waals surface area contributed by atoms with Crippen LogP contribution in [0, 0.1) is 0 Å². The molecule has 0 aromatic rings. The van der Waals surface area contributed by atoms with Gasteiger partial charge in [0.25, 0.3) is 0 Å². The molecule has 13 heavy (non-hydrogen) atoms. The minimum Gasteiger partial charge on any atom is -0.393 e. The molecule has 2 amide bonds. The van der Waals surface area contributed by atoms with Gasteiger partial charge in [0.15, 0.2) is 0 Å². The lowest BCUT2D eigenvalue weighted by Crippen LogP contribution is -2.43. The SMILES string of the molecule is CNC(=O)N(CCC(N)=S)C(C)C. The number of carbonyl (C=O) groups is 1. The molecule has 5 heteroatoms. The predicted molar refractivity (Wildman–Crippen MR) is 57.7 cm³/mol. The van der Waals surface area contributed by atoms with Gasteiger partial charge >= 0.3 is 6.03 Å². The van der Waals surface area contributed by atoms with E-state index >= 15 is 0 Å². The predicted octanol–water partition coefficient (Wildman–Crippen LogP) is 0.712. The summed E-state index contributed by atoms with van der Waals surface area (Å²) in [5.41, 5.74) is 5.36. The van der Waals surface area contributed by atoms with Crippen molar-refractivity contribution in [2.75, 3.05) is 13.6 Å². The Morgan fingerprint density at radius 1 is 1.62 bits per heavy atom. The van der Waals surface area contributed by atoms with E-state index in [9.17, 15) is 4.79 Å². The molecular weight excluding hydrogens is 186 g/mol. The smallest absolute Gasteiger partial charge is 0.317 e. The van der Waals surface area contributed by atoms with Crippen molar-refractivity contribution in [3.63, 3.8) is 0 Å². The van der Waals surface area contributed by atoms with Crippen LogP contribution in [0.2, 0.25) is 0 Å². The highest BCUT2D eigenvalue weighted by molar-refractivity contribution is 7.80. The van der Waals surface area contributed by atoms with E-state index in [1.165, 1.54) is 0 Å². The quantitative estimate of drug-likeness (QED) is 0.662. The topological polar surface area (TPSA) is 58.4 Å². The minimum atomic E-state index is -0.0914. The molecule has 0 saturated heterocycles. The molecule has 0 aliphatic carbocycles. The van der Waals surface area contributed by atoms with Crippen LogP contribution in [0.1, 0.15) is 20.3 Å². The van der Waals surface area contributed by atoms with E-state index in [0.717, 1.165) is 0 Å². The summed E-state index contributed by atoms with van der Waals surface area (Å²) in [5.74, 6) is 0. The number of rotatable bonds is 4. The summed E-state index contributed by atoms with van der Waals surface area (Å²) in [6, 6.07) is 0.0700. The van der Waals surface area contributed by atoms with Crippen LogP contribution in [0.15, 0.2) is 0 Å². The van der Waals surface area contributed by atoms with Crippen molar-refractivity contribution in [3.8, 4) is 0 Å². The van der Waals surface area contributed by atoms with Gasteiger partial charge in [-0.05, 0) is 13.8 Å². The number of nitrogens with two attached hydrogens (primary N) is 1. The van der Waals surface area contributed by atoms with Crippen molar-refractivity contribution in [1.82, 2.24) is 10.2 Å². The van der Waals surface area contributed by atoms with Gasteiger partial charge < -0.3 is 16.0 Å². The van der Waals surface area contributed by atoms with Crippen molar-refractivity contribution in [2.24, 2.45) is 5.73 Å². The normalized spacial score (nSPS) is 9.85. The highest BCUT2D eigenvalue weighted by atomic mass is 32.1. The molecule has 0 heterocycles. The third-order valence-electron chi connectivity index (χ3n) is 1.70. The molecule has 0 unspecified atom stereocenters. The Morgan fingerprint density at radius 3 is 2.46 bits per heavy atom. The zero-order chi connectivity index (χ0) is 10.4. The van der Waals surface area contributed by atoms with Crippen LogP contribution >= 0.6 is 12.2 Å². The fourth-order valence-corrected chi connectivity index (χ4v) is 1.06. The van der Waals surface area contributed by atoms with Gasteiger partial charge in [-0.1, -0.05) is 12.2 Å². The molecule has 0 aromatic carbocycles. The number of nitrogens with one attached hydrogen (secondary N) is 1. The van der Waals surface area contributed by atoms with E-state index in [1.807, 2.05) is 13.8 Å². The Balaban J connectivity index is 4.10. The molecule has 0 aliphatic heterocycles. The Labute approximate surface area is 84.5 Å². The third-order valence-corrected chi connectivity index (χ3v) is 1.90. The lowest BCUT2D eigenvalue weighted by Gasteiger charge is -2.25. The summed E-state index contributed by atoms with van der Waals surface area (Å²) < 4.78 is 0. The van der Waals surface area contributed by atoms with Gasteiger partial charge in [-0.25, -0.2) is 4.79 Å². The summed E-state index contributed by atoms with van der Waals surface area (Å²) in [6.07, 6.45) is 0.570. The fraction of sp³-hybridized carbons (Fsp3) is 0.750. The third kappa shape index (κ3) is 4.67. The van der Waals surface area contributed by atoms with Crippen molar-refractivity contribution in [1.29, 1.82) is 0 Å². The van der Waals surface area contributed by atoms with Crippen LogP contribution in [0.5, 0.6) is 0 Å². The molecule has 0 atom stereocenters. The first-order valence-corrected chi connectivity index (χ1v) is 4.66. The maximum atomic E-state index is 11.3. The summed E-state index contributed by atoms with van der Waals surface area (Å²) in [5, 5.41) is 2.57. The van der Waals surface area contributed by atoms with Crippen LogP contribution in [-0.4, -0.2) is 35.6 Å². The van der Waals surface area contributed by atoms with Crippen LogP contribution in [0.25, 0.3) is 0 Å². The Hall–Kier alpha value is -0.840. The van der Waals surface area contributed by atoms with Gasteiger partial charge in [0.05, 0.1) is 4.99 Å². The zero-order valence-electron chi connectivity index (χ0n) is 8.33. The van der Waals surface area contributed by atoms with Crippen LogP contribution in [0.3, 0.4) is 0 Å². The van der Waals surface area contributed by atoms with Crippen molar-refractivity contribution < 1.29 is 4.79 Å². The first kappa shape index (κ1) is 12.2. The van der Waals surface area contributed by atoms with Gasteiger partial charge in [-0.15, -0.1) is 0 Å². The average Bonchev–Trinajstić information content (AvgIpc) is 2.03. The standard InChI is InChI=1S/C8H17N3OS/c1-6(2)11(8(12)10-3)5-4-7(9)13/h6H,4-5H2,1-3H3,(H2,9,13)(H,10,12). The summed E-state index contributed by atoms with van der Waals surface area (Å²) in [6.45, 7) is 4.48. The first-order chi connectivity index (χ1) is 5.99. The molecule has 0 fully saturated rings. The van der Waals surface area contributed by atoms with E-state index in [2.05, 4.69) is 5.32 Å². The van der Waals surface area contributed by atoms with Gasteiger partial charge in [-0.2, -0.15) is 0 Å². The second-order valence-electron chi connectivity index (χ2n) is 3.06. The Kier molecular flexibility index (Phi) is 5.37. The molecule has 0 saturated carbocycles. The van der Waals surface area contributed by atoms with Gasteiger partial charge in [0, 0.05) is 26.1 Å². The number of hydrogen-bond acceptors (Lipinski definition) is 2. The molecule has 0 aromatic heterocycles. The van der Waals surface area contributed by atoms with E-state index in [-0.39, 0.29) is 12.1 Å². The van der Waals surface area contributed by atoms with Gasteiger partial charge in [0.1, 0.15) is 0 Å². The maximum Gasteiger partial charge on any atom is 0.317 e. The van der Waals surface area contributed by atoms with Gasteiger partial charge in [0.2, 0.25) is 0 Å². The van der Waals surface area contributed by atoms with Gasteiger partial charge in [-0.3, -0.25) is 0 Å². The highest BCUT2D eigenvalue weighted by Gasteiger charge is 2.14.